The molecule has 4 aromatic rings. The molecule has 3 amide bonds. The fourth-order valence-corrected chi connectivity index (χ4v) is 6.12. The maximum absolute atomic E-state index is 14.1. The van der Waals surface area contributed by atoms with E-state index in [2.05, 4.69) is 10.3 Å². The van der Waals surface area contributed by atoms with Crippen LogP contribution in [-0.2, 0) is 27.2 Å². The number of ketones is 1. The lowest BCUT2D eigenvalue weighted by atomic mass is 10.0. The smallest absolute Gasteiger partial charge is 0.251 e. The van der Waals surface area contributed by atoms with Gasteiger partial charge in [-0.2, -0.15) is 0 Å². The zero-order valence-electron chi connectivity index (χ0n) is 24.0. The number of pyridine rings is 1. The highest BCUT2D eigenvalue weighted by molar-refractivity contribution is 6.01. The third-order valence-electron chi connectivity index (χ3n) is 8.34. The van der Waals surface area contributed by atoms with Gasteiger partial charge in [0.1, 0.15) is 17.8 Å². The molecule has 2 N–H and O–H groups in total. The Morgan fingerprint density at radius 2 is 1.59 bits per heavy atom. The minimum absolute atomic E-state index is 0.0546. The van der Waals surface area contributed by atoms with Crippen molar-refractivity contribution in [3.63, 3.8) is 0 Å². The first-order valence-electron chi connectivity index (χ1n) is 14.6. The fraction of sp³-hybridized carbons (Fsp3) is 0.229. The van der Waals surface area contributed by atoms with E-state index in [-0.39, 0.29) is 42.7 Å². The first-order chi connectivity index (χ1) is 21.4. The topological polar surface area (TPSA) is 120 Å². The van der Waals surface area contributed by atoms with Crippen LogP contribution >= 0.6 is 0 Å². The lowest BCUT2D eigenvalue weighted by Gasteiger charge is -2.28. The van der Waals surface area contributed by atoms with Crippen molar-refractivity contribution in [2.75, 3.05) is 13.1 Å². The third kappa shape index (κ3) is 6.08. The van der Waals surface area contributed by atoms with E-state index in [9.17, 15) is 24.3 Å². The molecule has 3 aromatic carbocycles. The Kier molecular flexibility index (Phi) is 8.18. The molecule has 44 heavy (non-hydrogen) atoms. The molecule has 2 aliphatic heterocycles. The highest BCUT2D eigenvalue weighted by Gasteiger charge is 2.52. The number of carbonyl (C=O) groups excluding carboxylic acids is 4. The van der Waals surface area contributed by atoms with Crippen molar-refractivity contribution in [3.05, 3.63) is 120 Å². The minimum Gasteiger partial charge on any atom is -0.508 e. The molecule has 9 nitrogen and oxygen atoms in total. The van der Waals surface area contributed by atoms with Gasteiger partial charge in [0.2, 0.25) is 11.8 Å². The number of nitrogens with zero attached hydrogens (tertiary/aromatic N) is 3. The number of hydrogen-bond donors (Lipinski definition) is 2. The SMILES string of the molecule is O=C(NC(Cc1ccc(O)cc1)C(=O)N1CCC2C1C(=O)CN2C(=O)Cc1cccnc1)c1ccc(-c2ccccc2)cc1. The number of nitrogens with one attached hydrogen (secondary N) is 1. The van der Waals surface area contributed by atoms with Crippen LogP contribution in [0, 0.1) is 0 Å². The number of amides is 3. The highest BCUT2D eigenvalue weighted by Crippen LogP contribution is 2.31. The minimum atomic E-state index is -0.965. The Hall–Kier alpha value is -5.31. The molecular formula is C35H32N4O5. The van der Waals surface area contributed by atoms with E-state index in [0.717, 1.165) is 22.3 Å². The van der Waals surface area contributed by atoms with Gasteiger partial charge in [-0.25, -0.2) is 0 Å². The van der Waals surface area contributed by atoms with E-state index in [0.29, 0.717) is 18.5 Å². The molecule has 0 radical (unpaired) electrons. The summed E-state index contributed by atoms with van der Waals surface area (Å²) >= 11 is 0. The number of phenolic OH excluding ortho intramolecular Hbond substituents is 1. The fourth-order valence-electron chi connectivity index (χ4n) is 6.12. The maximum Gasteiger partial charge on any atom is 0.251 e. The van der Waals surface area contributed by atoms with Gasteiger partial charge in [0.25, 0.3) is 5.91 Å². The van der Waals surface area contributed by atoms with Gasteiger partial charge in [-0.15, -0.1) is 0 Å². The zero-order chi connectivity index (χ0) is 30.6. The molecule has 0 spiro atoms. The molecule has 222 valence electrons. The molecule has 3 heterocycles. The van der Waals surface area contributed by atoms with Crippen molar-refractivity contribution in [2.45, 2.75) is 37.4 Å². The number of fused-ring (bicyclic) bond motifs is 1. The Labute approximate surface area is 255 Å². The molecule has 3 unspecified atom stereocenters. The first-order valence-corrected chi connectivity index (χ1v) is 14.6. The van der Waals surface area contributed by atoms with E-state index in [1.807, 2.05) is 48.5 Å². The van der Waals surface area contributed by atoms with E-state index >= 15 is 0 Å². The predicted molar refractivity (Wildman–Crippen MR) is 164 cm³/mol. The van der Waals surface area contributed by atoms with E-state index in [1.54, 1.807) is 47.6 Å². The van der Waals surface area contributed by atoms with Crippen molar-refractivity contribution >= 4 is 23.5 Å². The molecule has 0 aliphatic carbocycles. The van der Waals surface area contributed by atoms with Crippen LogP contribution in [-0.4, -0.2) is 74.6 Å². The molecule has 6 rings (SSSR count). The van der Waals surface area contributed by atoms with Crippen molar-refractivity contribution in [2.24, 2.45) is 0 Å². The number of aromatic hydroxyl groups is 1. The zero-order valence-corrected chi connectivity index (χ0v) is 24.0. The van der Waals surface area contributed by atoms with Crippen molar-refractivity contribution in [3.8, 4) is 16.9 Å². The summed E-state index contributed by atoms with van der Waals surface area (Å²) in [5, 5.41) is 12.7. The van der Waals surface area contributed by atoms with Gasteiger partial charge in [0.15, 0.2) is 5.78 Å². The van der Waals surface area contributed by atoms with E-state index in [1.165, 1.54) is 17.0 Å². The van der Waals surface area contributed by atoms with Crippen molar-refractivity contribution in [1.82, 2.24) is 20.1 Å². The van der Waals surface area contributed by atoms with Crippen LogP contribution in [0.3, 0.4) is 0 Å². The number of aromatic nitrogens is 1. The number of likely N-dealkylation sites (tertiary alicyclic amines) is 2. The number of benzene rings is 3. The average Bonchev–Trinajstić information content (AvgIpc) is 3.63. The average molecular weight is 589 g/mol. The Morgan fingerprint density at radius 1 is 0.864 bits per heavy atom. The van der Waals surface area contributed by atoms with Crippen LogP contribution in [0.5, 0.6) is 5.75 Å². The van der Waals surface area contributed by atoms with Crippen LogP contribution in [0.4, 0.5) is 0 Å². The highest BCUT2D eigenvalue weighted by atomic mass is 16.3. The lowest BCUT2D eigenvalue weighted by Crippen LogP contribution is -2.53. The number of hydrogen-bond acceptors (Lipinski definition) is 6. The second-order valence-electron chi connectivity index (χ2n) is 11.2. The number of Topliss-reactive ketones (excluding diaryl/α,β-unsaturated/α-hetero) is 1. The van der Waals surface area contributed by atoms with Crippen LogP contribution in [0.25, 0.3) is 11.1 Å². The second-order valence-corrected chi connectivity index (χ2v) is 11.2. The lowest BCUT2D eigenvalue weighted by molar-refractivity contribution is -0.138. The molecule has 2 saturated heterocycles. The molecule has 0 saturated carbocycles. The molecular weight excluding hydrogens is 556 g/mol. The van der Waals surface area contributed by atoms with Crippen molar-refractivity contribution in [1.29, 1.82) is 0 Å². The Morgan fingerprint density at radius 3 is 2.30 bits per heavy atom. The van der Waals surface area contributed by atoms with E-state index < -0.39 is 24.0 Å². The van der Waals surface area contributed by atoms with Gasteiger partial charge in [0, 0.05) is 30.9 Å². The van der Waals surface area contributed by atoms with Crippen LogP contribution in [0.1, 0.15) is 27.9 Å². The summed E-state index contributed by atoms with van der Waals surface area (Å²) in [5.74, 6) is -1.07. The van der Waals surface area contributed by atoms with Crippen LogP contribution in [0.15, 0.2) is 103 Å². The molecule has 3 atom stereocenters. The molecule has 9 heteroatoms. The van der Waals surface area contributed by atoms with Gasteiger partial charge in [-0.3, -0.25) is 24.2 Å². The Bertz CT molecular complexity index is 1660. The van der Waals surface area contributed by atoms with E-state index in [4.69, 9.17) is 0 Å². The summed E-state index contributed by atoms with van der Waals surface area (Å²) in [6.07, 6.45) is 4.03. The van der Waals surface area contributed by atoms with Gasteiger partial charge < -0.3 is 20.2 Å². The first kappa shape index (κ1) is 28.8. The second kappa shape index (κ2) is 12.5. The van der Waals surface area contributed by atoms with Gasteiger partial charge in [-0.05, 0) is 59.0 Å². The van der Waals surface area contributed by atoms with Crippen LogP contribution in [0.2, 0.25) is 0 Å². The predicted octanol–water partition coefficient (Wildman–Crippen LogP) is 3.42. The summed E-state index contributed by atoms with van der Waals surface area (Å²) in [6.45, 7) is 0.241. The van der Waals surface area contributed by atoms with Crippen LogP contribution < -0.4 is 5.32 Å². The standard InChI is InChI=1S/C35H32N4O5/c40-28-14-8-23(9-15-28)19-29(37-34(43)27-12-10-26(11-13-27)25-6-2-1-3-7-25)35(44)38-18-16-30-33(38)31(41)22-39(30)32(42)20-24-5-4-17-36-21-24/h1-15,17,21,29-30,33,40H,16,18-20,22H2,(H,37,43). The summed E-state index contributed by atoms with van der Waals surface area (Å²) in [5.41, 5.74) is 3.88. The number of carbonyl (C=O) groups is 4. The monoisotopic (exact) mass is 588 g/mol. The molecule has 2 aliphatic rings. The maximum atomic E-state index is 14.1. The summed E-state index contributed by atoms with van der Waals surface area (Å²) in [7, 11) is 0. The number of rotatable bonds is 8. The number of phenols is 1. The molecule has 2 fully saturated rings. The van der Waals surface area contributed by atoms with Gasteiger partial charge >= 0.3 is 0 Å². The largest absolute Gasteiger partial charge is 0.508 e. The summed E-state index contributed by atoms with van der Waals surface area (Å²) in [4.78, 5) is 61.1. The summed E-state index contributed by atoms with van der Waals surface area (Å²) < 4.78 is 0. The normalized spacial score (nSPS) is 18.1. The summed E-state index contributed by atoms with van der Waals surface area (Å²) in [6, 6.07) is 24.9. The third-order valence-corrected chi connectivity index (χ3v) is 8.34. The quantitative estimate of drug-likeness (QED) is 0.326. The Balaban J connectivity index is 1.20. The van der Waals surface area contributed by atoms with Gasteiger partial charge in [0.05, 0.1) is 19.0 Å². The molecule has 0 bridgehead atoms. The van der Waals surface area contributed by atoms with Crippen molar-refractivity contribution < 1.29 is 24.3 Å². The van der Waals surface area contributed by atoms with Gasteiger partial charge in [-0.1, -0.05) is 60.7 Å². The molecule has 1 aromatic heterocycles.